The van der Waals surface area contributed by atoms with Crippen molar-refractivity contribution in [1.82, 2.24) is 4.57 Å². The van der Waals surface area contributed by atoms with Gasteiger partial charge in [-0.1, -0.05) is 35.3 Å². The van der Waals surface area contributed by atoms with Crippen molar-refractivity contribution >= 4 is 46.3 Å². The number of hydrogen-bond donors (Lipinski definition) is 2. The van der Waals surface area contributed by atoms with Gasteiger partial charge in [0.2, 0.25) is 5.96 Å². The minimum absolute atomic E-state index is 0.0739. The quantitative estimate of drug-likeness (QED) is 0.412. The number of hydrogen-bond acceptors (Lipinski definition) is 2. The van der Waals surface area contributed by atoms with E-state index in [9.17, 15) is 0 Å². The van der Waals surface area contributed by atoms with Crippen LogP contribution in [0.25, 0.3) is 22.2 Å². The molecule has 0 unspecified atom stereocenters. The normalized spacial score (nSPS) is 11.3. The van der Waals surface area contributed by atoms with Crippen LogP contribution >= 0.6 is 23.2 Å². The summed E-state index contributed by atoms with van der Waals surface area (Å²) in [5, 5.41) is 10.00. The van der Waals surface area contributed by atoms with E-state index in [0.717, 1.165) is 27.7 Å². The van der Waals surface area contributed by atoms with Crippen LogP contribution in [0.5, 0.6) is 0 Å². The molecule has 3 rings (SSSR count). The number of nitrogens with two attached hydrogens (primary N) is 2. The molecular weight excluding hydrogens is 357 g/mol. The van der Waals surface area contributed by atoms with E-state index in [4.69, 9.17) is 34.7 Å². The standard InChI is InChI=1S/C18H17Cl2N5/c1-25-16-7-6-13(20)10-15(16)14(8-9-23-24-18(21)22)17(25)11-2-4-12(19)5-3-11/h2-7,9-10H,8H2,1H3,(H4,21,22,24). The Balaban J connectivity index is 2.18. The summed E-state index contributed by atoms with van der Waals surface area (Å²) in [6.45, 7) is 0. The molecule has 2 aromatic carbocycles. The van der Waals surface area contributed by atoms with Crippen molar-refractivity contribution in [2.45, 2.75) is 6.42 Å². The van der Waals surface area contributed by atoms with Crippen LogP contribution < -0.4 is 11.5 Å². The van der Waals surface area contributed by atoms with Gasteiger partial charge in [-0.05, 0) is 41.5 Å². The molecule has 25 heavy (non-hydrogen) atoms. The molecule has 3 aromatic rings. The highest BCUT2D eigenvalue weighted by Crippen LogP contribution is 2.35. The van der Waals surface area contributed by atoms with E-state index in [0.29, 0.717) is 16.5 Å². The number of halogens is 2. The lowest BCUT2D eigenvalue weighted by atomic mass is 10.0. The maximum Gasteiger partial charge on any atom is 0.211 e. The van der Waals surface area contributed by atoms with Gasteiger partial charge in [-0.3, -0.25) is 0 Å². The minimum atomic E-state index is -0.0739. The average molecular weight is 374 g/mol. The monoisotopic (exact) mass is 373 g/mol. The van der Waals surface area contributed by atoms with E-state index >= 15 is 0 Å². The SMILES string of the molecule is Cn1c(-c2ccc(Cl)cc2)c(CC=NN=C(N)N)c2cc(Cl)ccc21. The molecule has 0 saturated carbocycles. The first-order chi connectivity index (χ1) is 12.0. The second kappa shape index (κ2) is 7.17. The Bertz CT molecular complexity index is 967. The molecule has 0 amide bonds. The summed E-state index contributed by atoms with van der Waals surface area (Å²) in [6.07, 6.45) is 2.24. The Morgan fingerprint density at radius 1 is 1.08 bits per heavy atom. The van der Waals surface area contributed by atoms with Crippen LogP contribution in [-0.4, -0.2) is 16.7 Å². The van der Waals surface area contributed by atoms with Gasteiger partial charge in [-0.25, -0.2) is 0 Å². The molecule has 0 spiro atoms. The number of aryl methyl sites for hydroxylation is 1. The highest BCUT2D eigenvalue weighted by atomic mass is 35.5. The van der Waals surface area contributed by atoms with E-state index in [1.807, 2.05) is 49.5 Å². The van der Waals surface area contributed by atoms with E-state index in [1.165, 1.54) is 0 Å². The van der Waals surface area contributed by atoms with Crippen LogP contribution in [0, 0.1) is 0 Å². The molecule has 1 aromatic heterocycles. The van der Waals surface area contributed by atoms with Gasteiger partial charge in [0.25, 0.3) is 0 Å². The second-order valence-electron chi connectivity index (χ2n) is 5.58. The third kappa shape index (κ3) is 3.62. The van der Waals surface area contributed by atoms with Crippen LogP contribution in [0.2, 0.25) is 10.0 Å². The zero-order chi connectivity index (χ0) is 18.0. The maximum atomic E-state index is 6.21. The van der Waals surface area contributed by atoms with Gasteiger partial charge in [0.1, 0.15) is 0 Å². The molecule has 0 aliphatic carbocycles. The topological polar surface area (TPSA) is 81.7 Å². The van der Waals surface area contributed by atoms with Crippen molar-refractivity contribution in [3.8, 4) is 11.3 Å². The fourth-order valence-corrected chi connectivity index (χ4v) is 3.21. The van der Waals surface area contributed by atoms with Crippen LogP contribution in [0.3, 0.4) is 0 Å². The minimum Gasteiger partial charge on any atom is -0.369 e. The summed E-state index contributed by atoms with van der Waals surface area (Å²) in [5.41, 5.74) is 14.9. The smallest absolute Gasteiger partial charge is 0.211 e. The molecule has 0 aliphatic heterocycles. The second-order valence-corrected chi connectivity index (χ2v) is 6.45. The van der Waals surface area contributed by atoms with Crippen molar-refractivity contribution < 1.29 is 0 Å². The summed E-state index contributed by atoms with van der Waals surface area (Å²) in [7, 11) is 2.02. The molecule has 0 saturated heterocycles. The molecule has 0 bridgehead atoms. The van der Waals surface area contributed by atoms with Gasteiger partial charge in [0.05, 0.1) is 5.69 Å². The van der Waals surface area contributed by atoms with Crippen molar-refractivity contribution in [3.63, 3.8) is 0 Å². The molecule has 1 heterocycles. The van der Waals surface area contributed by atoms with E-state index < -0.39 is 0 Å². The molecule has 0 radical (unpaired) electrons. The number of benzene rings is 2. The van der Waals surface area contributed by atoms with Crippen molar-refractivity contribution in [3.05, 3.63) is 58.1 Å². The third-order valence-corrected chi connectivity index (χ3v) is 4.42. The first-order valence-corrected chi connectivity index (χ1v) is 8.36. The summed E-state index contributed by atoms with van der Waals surface area (Å²) in [5.74, 6) is -0.0739. The first-order valence-electron chi connectivity index (χ1n) is 7.60. The van der Waals surface area contributed by atoms with E-state index in [1.54, 1.807) is 6.21 Å². The zero-order valence-electron chi connectivity index (χ0n) is 13.6. The third-order valence-electron chi connectivity index (χ3n) is 3.93. The van der Waals surface area contributed by atoms with Gasteiger partial charge < -0.3 is 16.0 Å². The van der Waals surface area contributed by atoms with Crippen molar-refractivity contribution in [2.24, 2.45) is 28.7 Å². The molecule has 128 valence electrons. The summed E-state index contributed by atoms with van der Waals surface area (Å²) < 4.78 is 2.14. The number of nitrogens with zero attached hydrogens (tertiary/aromatic N) is 3. The Labute approximate surface area is 155 Å². The summed E-state index contributed by atoms with van der Waals surface area (Å²) in [6, 6.07) is 13.6. The average Bonchev–Trinajstić information content (AvgIpc) is 2.84. The predicted octanol–water partition coefficient (Wildman–Crippen LogP) is 3.95. The van der Waals surface area contributed by atoms with Crippen LogP contribution in [0.1, 0.15) is 5.56 Å². The lowest BCUT2D eigenvalue weighted by Gasteiger charge is -2.07. The zero-order valence-corrected chi connectivity index (χ0v) is 15.1. The Hall–Kier alpha value is -2.50. The molecular formula is C18H17Cl2N5. The van der Waals surface area contributed by atoms with Crippen molar-refractivity contribution in [1.29, 1.82) is 0 Å². The summed E-state index contributed by atoms with van der Waals surface area (Å²) >= 11 is 12.2. The molecule has 5 nitrogen and oxygen atoms in total. The molecule has 0 fully saturated rings. The molecule has 4 N–H and O–H groups in total. The fourth-order valence-electron chi connectivity index (χ4n) is 2.91. The van der Waals surface area contributed by atoms with Gasteiger partial charge in [0.15, 0.2) is 0 Å². The highest BCUT2D eigenvalue weighted by Gasteiger charge is 2.16. The van der Waals surface area contributed by atoms with Crippen molar-refractivity contribution in [2.75, 3.05) is 0 Å². The van der Waals surface area contributed by atoms with Crippen LogP contribution in [0.15, 0.2) is 52.7 Å². The Morgan fingerprint density at radius 2 is 1.76 bits per heavy atom. The molecule has 0 atom stereocenters. The van der Waals surface area contributed by atoms with E-state index in [-0.39, 0.29) is 5.96 Å². The van der Waals surface area contributed by atoms with Gasteiger partial charge in [-0.15, -0.1) is 5.10 Å². The number of fused-ring (bicyclic) bond motifs is 1. The molecule has 0 aliphatic rings. The lowest BCUT2D eigenvalue weighted by Crippen LogP contribution is -2.21. The van der Waals surface area contributed by atoms with Crippen LogP contribution in [-0.2, 0) is 13.5 Å². The number of aromatic nitrogens is 1. The predicted molar refractivity (Wildman–Crippen MR) is 106 cm³/mol. The maximum absolute atomic E-state index is 6.21. The first kappa shape index (κ1) is 17.3. The van der Waals surface area contributed by atoms with Gasteiger partial charge in [0, 0.05) is 40.6 Å². The van der Waals surface area contributed by atoms with Crippen LogP contribution in [0.4, 0.5) is 0 Å². The number of guanidine groups is 1. The lowest BCUT2D eigenvalue weighted by molar-refractivity contribution is 0.971. The van der Waals surface area contributed by atoms with E-state index in [2.05, 4.69) is 14.8 Å². The van der Waals surface area contributed by atoms with Gasteiger partial charge in [-0.2, -0.15) is 5.10 Å². The Kier molecular flexibility index (Phi) is 4.97. The number of rotatable bonds is 4. The summed E-state index contributed by atoms with van der Waals surface area (Å²) in [4.78, 5) is 0. The van der Waals surface area contributed by atoms with Gasteiger partial charge >= 0.3 is 0 Å². The molecule has 7 heteroatoms. The highest BCUT2D eigenvalue weighted by molar-refractivity contribution is 6.31. The Morgan fingerprint density at radius 3 is 2.44 bits per heavy atom. The largest absolute Gasteiger partial charge is 0.369 e. The fraction of sp³-hybridized carbons (Fsp3) is 0.111.